The van der Waals surface area contributed by atoms with Gasteiger partial charge in [0.15, 0.2) is 0 Å². The van der Waals surface area contributed by atoms with Crippen LogP contribution in [0, 0.1) is 6.92 Å². The summed E-state index contributed by atoms with van der Waals surface area (Å²) in [7, 11) is 0. The van der Waals surface area contributed by atoms with Gasteiger partial charge in [0.05, 0.1) is 16.8 Å². The number of fused-ring (bicyclic) bond motifs is 12. The van der Waals surface area contributed by atoms with Gasteiger partial charge in [0, 0.05) is 11.3 Å². The molecule has 0 aliphatic heterocycles. The van der Waals surface area contributed by atoms with E-state index in [9.17, 15) is 0 Å². The standard InChI is InChI=1S/C52H43N/c1-34-30-31-36-17-6-8-22-39(36)51(34)53(37-19-3-2-4-20-37)50-33-49-44(32-45(50)40-26-15-18-35-16-5-7-21-38(35)40)43-25-11-14-29-48(43)52(49)46-27-12-9-23-41(46)42-24-10-13-28-47(42)52/h2-4,9-15,18-20,23-33H,5-8,16-17,21-22H2,1H3. The minimum atomic E-state index is -0.407. The smallest absolute Gasteiger partial charge is 0.0726 e. The lowest BCUT2D eigenvalue weighted by Crippen LogP contribution is -2.26. The van der Waals surface area contributed by atoms with Crippen LogP contribution in [0.15, 0.2) is 146 Å². The largest absolute Gasteiger partial charge is 0.309 e. The Kier molecular flexibility index (Phi) is 6.96. The molecule has 0 aromatic heterocycles. The normalized spacial score (nSPS) is 15.6. The number of hydrogen-bond donors (Lipinski definition) is 0. The Bertz CT molecular complexity index is 2540. The van der Waals surface area contributed by atoms with Crippen molar-refractivity contribution in [3.8, 4) is 33.4 Å². The molecule has 256 valence electrons. The Hall–Kier alpha value is -5.66. The molecule has 1 heteroatoms. The summed E-state index contributed by atoms with van der Waals surface area (Å²) < 4.78 is 0. The summed E-state index contributed by atoms with van der Waals surface area (Å²) in [4.78, 5) is 2.67. The SMILES string of the molecule is Cc1ccc2c(c1N(c1ccccc1)c1cc3c(cc1-c1cccc4c1CCCC4)-c1ccccc1C31c3ccccc3-c3ccccc31)CCCC2. The van der Waals surface area contributed by atoms with Crippen molar-refractivity contribution in [2.75, 3.05) is 4.90 Å². The zero-order chi connectivity index (χ0) is 35.1. The molecule has 1 spiro atoms. The van der Waals surface area contributed by atoms with Crippen LogP contribution in [0.25, 0.3) is 33.4 Å². The molecule has 4 aliphatic rings. The third kappa shape index (κ3) is 4.37. The maximum absolute atomic E-state index is 2.67. The maximum Gasteiger partial charge on any atom is 0.0726 e. The molecule has 0 radical (unpaired) electrons. The lowest BCUT2D eigenvalue weighted by molar-refractivity contribution is 0.685. The van der Waals surface area contributed by atoms with Crippen LogP contribution in [-0.2, 0) is 31.1 Å². The van der Waals surface area contributed by atoms with Crippen molar-refractivity contribution < 1.29 is 0 Å². The minimum Gasteiger partial charge on any atom is -0.309 e. The number of nitrogens with zero attached hydrogens (tertiary/aromatic N) is 1. The fraction of sp³-hybridized carbons (Fsp3) is 0.192. The number of benzene rings is 7. The van der Waals surface area contributed by atoms with Gasteiger partial charge in [-0.05, 0) is 160 Å². The molecule has 4 aliphatic carbocycles. The molecule has 7 aromatic rings. The number of para-hydroxylation sites is 1. The topological polar surface area (TPSA) is 3.24 Å². The van der Waals surface area contributed by atoms with Crippen LogP contribution < -0.4 is 4.90 Å². The fourth-order valence-electron chi connectivity index (χ4n) is 10.8. The fourth-order valence-corrected chi connectivity index (χ4v) is 10.8. The van der Waals surface area contributed by atoms with Gasteiger partial charge in [-0.1, -0.05) is 121 Å². The second kappa shape index (κ2) is 11.9. The van der Waals surface area contributed by atoms with Gasteiger partial charge in [-0.2, -0.15) is 0 Å². The van der Waals surface area contributed by atoms with E-state index in [4.69, 9.17) is 0 Å². The summed E-state index contributed by atoms with van der Waals surface area (Å²) >= 11 is 0. The highest BCUT2D eigenvalue weighted by atomic mass is 15.2. The monoisotopic (exact) mass is 681 g/mol. The van der Waals surface area contributed by atoms with Crippen LogP contribution in [0.3, 0.4) is 0 Å². The van der Waals surface area contributed by atoms with Gasteiger partial charge in [0.1, 0.15) is 0 Å². The minimum absolute atomic E-state index is 0.407. The first kappa shape index (κ1) is 30.9. The highest BCUT2D eigenvalue weighted by Crippen LogP contribution is 2.64. The molecule has 0 N–H and O–H groups in total. The molecule has 0 fully saturated rings. The molecule has 0 atom stereocenters. The van der Waals surface area contributed by atoms with Gasteiger partial charge < -0.3 is 4.90 Å². The van der Waals surface area contributed by atoms with Gasteiger partial charge in [-0.3, -0.25) is 0 Å². The molecule has 1 nitrogen and oxygen atoms in total. The van der Waals surface area contributed by atoms with E-state index in [1.54, 1.807) is 0 Å². The molecule has 0 bridgehead atoms. The zero-order valence-corrected chi connectivity index (χ0v) is 30.5. The van der Waals surface area contributed by atoms with Crippen molar-refractivity contribution in [1.82, 2.24) is 0 Å². The summed E-state index contributed by atoms with van der Waals surface area (Å²) in [5, 5.41) is 0. The van der Waals surface area contributed by atoms with Crippen molar-refractivity contribution in [3.05, 3.63) is 196 Å². The highest BCUT2D eigenvalue weighted by molar-refractivity contribution is 6.01. The third-order valence-corrected chi connectivity index (χ3v) is 13.0. The first-order chi connectivity index (χ1) is 26.2. The van der Waals surface area contributed by atoms with Gasteiger partial charge in [0.25, 0.3) is 0 Å². The quantitative estimate of drug-likeness (QED) is 0.179. The average Bonchev–Trinajstić information content (AvgIpc) is 3.68. The van der Waals surface area contributed by atoms with Crippen molar-refractivity contribution in [3.63, 3.8) is 0 Å². The van der Waals surface area contributed by atoms with E-state index in [0.29, 0.717) is 0 Å². The summed E-state index contributed by atoms with van der Waals surface area (Å²) in [6.07, 6.45) is 9.59. The second-order valence-electron chi connectivity index (χ2n) is 15.7. The van der Waals surface area contributed by atoms with Crippen molar-refractivity contribution in [2.45, 2.75) is 63.7 Å². The number of aryl methyl sites for hydroxylation is 3. The zero-order valence-electron chi connectivity index (χ0n) is 30.5. The van der Waals surface area contributed by atoms with Crippen LogP contribution in [0.4, 0.5) is 17.1 Å². The van der Waals surface area contributed by atoms with E-state index in [1.165, 1.54) is 126 Å². The van der Waals surface area contributed by atoms with E-state index in [1.807, 2.05) is 0 Å². The molecule has 0 saturated heterocycles. The van der Waals surface area contributed by atoms with Gasteiger partial charge in [0.2, 0.25) is 0 Å². The average molecular weight is 682 g/mol. The summed E-state index contributed by atoms with van der Waals surface area (Å²) in [5.41, 5.74) is 24.6. The van der Waals surface area contributed by atoms with Crippen LogP contribution in [0.5, 0.6) is 0 Å². The van der Waals surface area contributed by atoms with E-state index in [0.717, 1.165) is 25.7 Å². The molecule has 11 rings (SSSR count). The van der Waals surface area contributed by atoms with Gasteiger partial charge >= 0.3 is 0 Å². The van der Waals surface area contributed by atoms with Crippen LogP contribution in [0.1, 0.15) is 75.8 Å². The summed E-state index contributed by atoms with van der Waals surface area (Å²) in [5.74, 6) is 0. The molecule has 7 aromatic carbocycles. The Morgan fingerprint density at radius 3 is 1.64 bits per heavy atom. The van der Waals surface area contributed by atoms with E-state index < -0.39 is 5.41 Å². The Morgan fingerprint density at radius 1 is 0.415 bits per heavy atom. The van der Waals surface area contributed by atoms with Gasteiger partial charge in [-0.15, -0.1) is 0 Å². The second-order valence-corrected chi connectivity index (χ2v) is 15.7. The molecule has 0 saturated carbocycles. The molecular weight excluding hydrogens is 639 g/mol. The molecule has 0 unspecified atom stereocenters. The van der Waals surface area contributed by atoms with Crippen LogP contribution in [-0.4, -0.2) is 0 Å². The molecule has 53 heavy (non-hydrogen) atoms. The number of anilines is 3. The molecular formula is C52H43N. The Balaban J connectivity index is 1.30. The lowest BCUT2D eigenvalue weighted by atomic mass is 9.70. The summed E-state index contributed by atoms with van der Waals surface area (Å²) in [6.45, 7) is 2.33. The Labute approximate surface area is 313 Å². The van der Waals surface area contributed by atoms with E-state index in [-0.39, 0.29) is 0 Å². The van der Waals surface area contributed by atoms with Crippen molar-refractivity contribution >= 4 is 17.1 Å². The third-order valence-electron chi connectivity index (χ3n) is 13.0. The predicted octanol–water partition coefficient (Wildman–Crippen LogP) is 13.2. The first-order valence-corrected chi connectivity index (χ1v) is 19.8. The number of hydrogen-bond acceptors (Lipinski definition) is 1. The lowest BCUT2D eigenvalue weighted by Gasteiger charge is -2.36. The van der Waals surface area contributed by atoms with Crippen molar-refractivity contribution in [1.29, 1.82) is 0 Å². The van der Waals surface area contributed by atoms with E-state index in [2.05, 4.69) is 157 Å². The Morgan fingerprint density at radius 2 is 0.962 bits per heavy atom. The summed E-state index contributed by atoms with van der Waals surface area (Å²) in [6, 6.07) is 56.0. The number of rotatable bonds is 4. The van der Waals surface area contributed by atoms with E-state index >= 15 is 0 Å². The molecule has 0 amide bonds. The predicted molar refractivity (Wildman–Crippen MR) is 221 cm³/mol. The maximum atomic E-state index is 2.67. The molecule has 0 heterocycles. The van der Waals surface area contributed by atoms with Crippen LogP contribution >= 0.6 is 0 Å². The van der Waals surface area contributed by atoms with Crippen molar-refractivity contribution in [2.24, 2.45) is 0 Å². The highest BCUT2D eigenvalue weighted by Gasteiger charge is 2.52. The van der Waals surface area contributed by atoms with Crippen LogP contribution in [0.2, 0.25) is 0 Å². The first-order valence-electron chi connectivity index (χ1n) is 19.8. The van der Waals surface area contributed by atoms with Gasteiger partial charge in [-0.25, -0.2) is 0 Å².